The molecule has 1 saturated carbocycles. The van der Waals surface area contributed by atoms with E-state index in [9.17, 15) is 4.79 Å². The molecule has 0 aromatic carbocycles. The number of aromatic nitrogens is 3. The number of anilines is 1. The topological polar surface area (TPSA) is 73.9 Å². The Morgan fingerprint density at radius 3 is 2.95 bits per heavy atom. The van der Waals surface area contributed by atoms with Crippen molar-refractivity contribution in [1.82, 2.24) is 20.1 Å². The van der Waals surface area contributed by atoms with Gasteiger partial charge in [0.05, 0.1) is 0 Å². The normalized spacial score (nSPS) is 14.4. The van der Waals surface area contributed by atoms with Crippen molar-refractivity contribution < 1.29 is 4.79 Å². The molecule has 0 unspecified atom stereocenters. The summed E-state index contributed by atoms with van der Waals surface area (Å²) in [6.07, 6.45) is 4.06. The molecule has 1 amide bonds. The molecule has 110 valence electrons. The molecule has 2 N–H and O–H groups in total. The van der Waals surface area contributed by atoms with Crippen LogP contribution in [-0.2, 0) is 6.54 Å². The van der Waals surface area contributed by atoms with Crippen molar-refractivity contribution in [3.05, 3.63) is 41.3 Å². The van der Waals surface area contributed by atoms with Gasteiger partial charge in [0.25, 0.3) is 5.91 Å². The number of H-pyrrole nitrogens is 1. The first-order valence-electron chi connectivity index (χ1n) is 7.08. The zero-order valence-electron chi connectivity index (χ0n) is 12.3. The molecule has 0 bridgehead atoms. The van der Waals surface area contributed by atoms with Crippen LogP contribution < -0.4 is 5.32 Å². The number of hydrogen-bond donors (Lipinski definition) is 2. The summed E-state index contributed by atoms with van der Waals surface area (Å²) in [6.45, 7) is 0.805. The Morgan fingerprint density at radius 1 is 1.43 bits per heavy atom. The maximum atomic E-state index is 12.2. The van der Waals surface area contributed by atoms with Gasteiger partial charge in [-0.3, -0.25) is 9.89 Å². The first kappa shape index (κ1) is 13.8. The fourth-order valence-corrected chi connectivity index (χ4v) is 2.24. The summed E-state index contributed by atoms with van der Waals surface area (Å²) >= 11 is 0. The molecule has 0 aliphatic heterocycles. The van der Waals surface area contributed by atoms with Crippen molar-refractivity contribution >= 4 is 11.7 Å². The molecule has 1 aliphatic carbocycles. The number of amides is 1. The van der Waals surface area contributed by atoms with Gasteiger partial charge in [-0.1, -0.05) is 0 Å². The molecule has 0 atom stereocenters. The van der Waals surface area contributed by atoms with Crippen LogP contribution in [0.5, 0.6) is 0 Å². The second-order valence-electron chi connectivity index (χ2n) is 5.72. The van der Waals surface area contributed by atoms with Crippen LogP contribution in [0.15, 0.2) is 24.4 Å². The van der Waals surface area contributed by atoms with E-state index in [4.69, 9.17) is 0 Å². The second kappa shape index (κ2) is 5.65. The van der Waals surface area contributed by atoms with Crippen molar-refractivity contribution in [2.45, 2.75) is 25.3 Å². The standard InChI is InChI=1S/C15H19N5O/c1-20(2)9-10-5-6-16-14(7-10)17-15(21)13-8-12(18-19-13)11-3-4-11/h5-8,11H,3-4,9H2,1-2H3,(H,18,19)(H,16,17,21). The van der Waals surface area contributed by atoms with Crippen LogP contribution in [0, 0.1) is 0 Å². The number of hydrogen-bond acceptors (Lipinski definition) is 4. The van der Waals surface area contributed by atoms with Crippen LogP contribution >= 0.6 is 0 Å². The lowest BCUT2D eigenvalue weighted by atomic mass is 10.2. The molecule has 2 aromatic heterocycles. The molecule has 3 rings (SSSR count). The van der Waals surface area contributed by atoms with Crippen LogP contribution in [0.25, 0.3) is 0 Å². The highest BCUT2D eigenvalue weighted by Gasteiger charge is 2.26. The predicted molar refractivity (Wildman–Crippen MR) is 80.1 cm³/mol. The predicted octanol–water partition coefficient (Wildman–Crippen LogP) is 2.00. The summed E-state index contributed by atoms with van der Waals surface area (Å²) < 4.78 is 0. The van der Waals surface area contributed by atoms with Crippen LogP contribution in [0.2, 0.25) is 0 Å². The first-order valence-corrected chi connectivity index (χ1v) is 7.08. The fourth-order valence-electron chi connectivity index (χ4n) is 2.24. The van der Waals surface area contributed by atoms with Gasteiger partial charge in [-0.2, -0.15) is 5.10 Å². The third-order valence-electron chi connectivity index (χ3n) is 3.41. The number of pyridine rings is 1. The average Bonchev–Trinajstić information content (AvgIpc) is 3.16. The van der Waals surface area contributed by atoms with Gasteiger partial charge in [0.2, 0.25) is 0 Å². The SMILES string of the molecule is CN(C)Cc1ccnc(NC(=O)c2cc(C3CC3)[nH]n2)c1. The molecular weight excluding hydrogens is 266 g/mol. The first-order chi connectivity index (χ1) is 10.1. The fraction of sp³-hybridized carbons (Fsp3) is 0.400. The van der Waals surface area contributed by atoms with Crippen LogP contribution in [0.4, 0.5) is 5.82 Å². The van der Waals surface area contributed by atoms with Crippen LogP contribution in [0.1, 0.15) is 40.5 Å². The highest BCUT2D eigenvalue weighted by Crippen LogP contribution is 2.39. The lowest BCUT2D eigenvalue weighted by molar-refractivity contribution is 0.102. The van der Waals surface area contributed by atoms with Gasteiger partial charge in [-0.25, -0.2) is 4.98 Å². The van der Waals surface area contributed by atoms with E-state index >= 15 is 0 Å². The molecule has 0 radical (unpaired) electrons. The quantitative estimate of drug-likeness (QED) is 0.881. The Bertz CT molecular complexity index is 645. The van der Waals surface area contributed by atoms with Crippen molar-refractivity contribution in [2.24, 2.45) is 0 Å². The highest BCUT2D eigenvalue weighted by molar-refractivity contribution is 6.02. The molecule has 1 fully saturated rings. The van der Waals surface area contributed by atoms with E-state index in [0.717, 1.165) is 17.8 Å². The van der Waals surface area contributed by atoms with E-state index in [1.807, 2.05) is 32.3 Å². The van der Waals surface area contributed by atoms with E-state index in [2.05, 4.69) is 25.4 Å². The summed E-state index contributed by atoms with van der Waals surface area (Å²) in [5.74, 6) is 0.878. The molecule has 6 heteroatoms. The van der Waals surface area contributed by atoms with Crippen LogP contribution in [0.3, 0.4) is 0 Å². The molecular formula is C15H19N5O. The Kier molecular flexibility index (Phi) is 3.70. The Labute approximate surface area is 123 Å². The van der Waals surface area contributed by atoms with E-state index < -0.39 is 0 Å². The Morgan fingerprint density at radius 2 is 2.24 bits per heavy atom. The minimum atomic E-state index is -0.229. The summed E-state index contributed by atoms with van der Waals surface area (Å²) in [5, 5.41) is 9.80. The maximum Gasteiger partial charge on any atom is 0.277 e. The number of carbonyl (C=O) groups excluding carboxylic acids is 1. The van der Waals surface area contributed by atoms with E-state index in [1.54, 1.807) is 6.20 Å². The molecule has 0 spiro atoms. The molecule has 1 aliphatic rings. The van der Waals surface area contributed by atoms with E-state index in [-0.39, 0.29) is 5.91 Å². The van der Waals surface area contributed by atoms with Gasteiger partial charge in [-0.15, -0.1) is 0 Å². The van der Waals surface area contributed by atoms with Crippen molar-refractivity contribution in [3.8, 4) is 0 Å². The minimum Gasteiger partial charge on any atom is -0.305 e. The van der Waals surface area contributed by atoms with Gasteiger partial charge < -0.3 is 10.2 Å². The highest BCUT2D eigenvalue weighted by atomic mass is 16.2. The Balaban J connectivity index is 1.68. The zero-order valence-corrected chi connectivity index (χ0v) is 12.3. The van der Waals surface area contributed by atoms with Crippen molar-refractivity contribution in [1.29, 1.82) is 0 Å². The summed E-state index contributed by atoms with van der Waals surface area (Å²) in [5.41, 5.74) is 2.57. The molecule has 6 nitrogen and oxygen atoms in total. The second-order valence-corrected chi connectivity index (χ2v) is 5.72. The zero-order chi connectivity index (χ0) is 14.8. The Hall–Kier alpha value is -2.21. The molecule has 2 aromatic rings. The van der Waals surface area contributed by atoms with Gasteiger partial charge >= 0.3 is 0 Å². The number of rotatable bonds is 5. The summed E-state index contributed by atoms with van der Waals surface area (Å²) in [7, 11) is 4.00. The van der Waals surface area contributed by atoms with Gasteiger partial charge in [-0.05, 0) is 50.7 Å². The van der Waals surface area contributed by atoms with E-state index in [1.165, 1.54) is 12.8 Å². The lowest BCUT2D eigenvalue weighted by Gasteiger charge is -2.10. The monoisotopic (exact) mass is 285 g/mol. The number of nitrogens with zero attached hydrogens (tertiary/aromatic N) is 3. The number of carbonyl (C=O) groups is 1. The van der Waals surface area contributed by atoms with Crippen molar-refractivity contribution in [3.63, 3.8) is 0 Å². The van der Waals surface area contributed by atoms with E-state index in [0.29, 0.717) is 17.4 Å². The largest absolute Gasteiger partial charge is 0.305 e. The smallest absolute Gasteiger partial charge is 0.277 e. The van der Waals surface area contributed by atoms with Crippen LogP contribution in [-0.4, -0.2) is 40.1 Å². The summed E-state index contributed by atoms with van der Waals surface area (Å²) in [6, 6.07) is 5.65. The minimum absolute atomic E-state index is 0.229. The number of aromatic amines is 1. The molecule has 21 heavy (non-hydrogen) atoms. The van der Waals surface area contributed by atoms with Gasteiger partial charge in [0.15, 0.2) is 5.69 Å². The third-order valence-corrected chi connectivity index (χ3v) is 3.41. The van der Waals surface area contributed by atoms with Gasteiger partial charge in [0.1, 0.15) is 5.82 Å². The summed E-state index contributed by atoms with van der Waals surface area (Å²) in [4.78, 5) is 18.4. The van der Waals surface area contributed by atoms with Gasteiger partial charge in [0, 0.05) is 24.4 Å². The lowest BCUT2D eigenvalue weighted by Crippen LogP contribution is -2.15. The van der Waals surface area contributed by atoms with Crippen molar-refractivity contribution in [2.75, 3.05) is 19.4 Å². The maximum absolute atomic E-state index is 12.2. The number of nitrogens with one attached hydrogen (secondary N) is 2. The average molecular weight is 285 g/mol. The third kappa shape index (κ3) is 3.46. The molecule has 2 heterocycles. The molecule has 0 saturated heterocycles.